The summed E-state index contributed by atoms with van der Waals surface area (Å²) in [6.45, 7) is 5.22. The Morgan fingerprint density at radius 3 is 2.41 bits per heavy atom. The van der Waals surface area contributed by atoms with Gasteiger partial charge in [0.25, 0.3) is 5.91 Å². The molecule has 4 rings (SSSR count). The van der Waals surface area contributed by atoms with Gasteiger partial charge in [-0.1, -0.05) is 19.8 Å². The van der Waals surface area contributed by atoms with E-state index in [-0.39, 0.29) is 11.9 Å². The highest BCUT2D eigenvalue weighted by atomic mass is 32.2. The summed E-state index contributed by atoms with van der Waals surface area (Å²) in [4.78, 5) is 13.2. The topological polar surface area (TPSA) is 71.4 Å². The molecule has 2 heterocycles. The number of fused-ring (bicyclic) bond motifs is 1. The first-order valence-electron chi connectivity index (χ1n) is 10.7. The summed E-state index contributed by atoms with van der Waals surface area (Å²) in [7, 11) is -1.64. The van der Waals surface area contributed by atoms with Crippen molar-refractivity contribution in [1.29, 1.82) is 0 Å². The minimum Gasteiger partial charge on any atom is -0.348 e. The molecule has 2 fully saturated rings. The smallest absolute Gasteiger partial charge is 0.268 e. The number of hydrogen-bond acceptors (Lipinski definition) is 3. The largest absolute Gasteiger partial charge is 0.348 e. The maximum atomic E-state index is 13.1. The Morgan fingerprint density at radius 2 is 1.76 bits per heavy atom. The molecule has 158 valence electrons. The molecule has 1 aliphatic carbocycles. The van der Waals surface area contributed by atoms with Crippen molar-refractivity contribution in [3.05, 3.63) is 29.5 Å². The Bertz CT molecular complexity index is 1030. The van der Waals surface area contributed by atoms with E-state index in [1.165, 1.54) is 0 Å². The molecule has 1 saturated heterocycles. The van der Waals surface area contributed by atoms with Gasteiger partial charge in [0, 0.05) is 37.1 Å². The molecular weight excluding hydrogens is 386 g/mol. The molecule has 0 atom stereocenters. The number of aromatic nitrogens is 1. The van der Waals surface area contributed by atoms with Crippen molar-refractivity contribution >= 4 is 26.8 Å². The van der Waals surface area contributed by atoms with E-state index in [0.29, 0.717) is 29.6 Å². The summed E-state index contributed by atoms with van der Waals surface area (Å²) in [6.07, 6.45) is 6.19. The zero-order valence-electron chi connectivity index (χ0n) is 17.6. The van der Waals surface area contributed by atoms with Crippen LogP contribution >= 0.6 is 0 Å². The summed E-state index contributed by atoms with van der Waals surface area (Å²) >= 11 is 0. The molecule has 0 radical (unpaired) electrons. The third kappa shape index (κ3) is 3.70. The van der Waals surface area contributed by atoms with Crippen LogP contribution in [0.4, 0.5) is 0 Å². The van der Waals surface area contributed by atoms with E-state index in [1.54, 1.807) is 16.4 Å². The van der Waals surface area contributed by atoms with Crippen LogP contribution in [0.5, 0.6) is 0 Å². The van der Waals surface area contributed by atoms with Gasteiger partial charge < -0.3 is 9.88 Å². The van der Waals surface area contributed by atoms with Crippen LogP contribution < -0.4 is 5.32 Å². The number of nitrogens with zero attached hydrogens (tertiary/aromatic N) is 2. The van der Waals surface area contributed by atoms with Crippen LogP contribution in [0.3, 0.4) is 0 Å². The predicted molar refractivity (Wildman–Crippen MR) is 115 cm³/mol. The lowest BCUT2D eigenvalue weighted by Crippen LogP contribution is -2.37. The Kier molecular flexibility index (Phi) is 5.46. The molecule has 1 amide bonds. The van der Waals surface area contributed by atoms with E-state index >= 15 is 0 Å². The van der Waals surface area contributed by atoms with Crippen molar-refractivity contribution in [1.82, 2.24) is 14.2 Å². The minimum atomic E-state index is -3.51. The number of piperidine rings is 1. The molecule has 1 aliphatic heterocycles. The molecule has 2 aliphatic rings. The first-order chi connectivity index (χ1) is 13.8. The van der Waals surface area contributed by atoms with Crippen LogP contribution in [0.2, 0.25) is 0 Å². The normalized spacial score (nSPS) is 19.8. The van der Waals surface area contributed by atoms with Crippen molar-refractivity contribution in [2.24, 2.45) is 13.0 Å². The van der Waals surface area contributed by atoms with Crippen LogP contribution in [-0.4, -0.2) is 42.3 Å². The molecule has 7 heteroatoms. The third-order valence-corrected chi connectivity index (χ3v) is 8.60. The van der Waals surface area contributed by atoms with Gasteiger partial charge in [-0.25, -0.2) is 8.42 Å². The summed E-state index contributed by atoms with van der Waals surface area (Å²) in [5, 5.41) is 3.98. The van der Waals surface area contributed by atoms with Crippen LogP contribution in [0.25, 0.3) is 10.9 Å². The van der Waals surface area contributed by atoms with Gasteiger partial charge in [-0.3, -0.25) is 4.79 Å². The van der Waals surface area contributed by atoms with Gasteiger partial charge in [-0.15, -0.1) is 0 Å². The van der Waals surface area contributed by atoms with Crippen LogP contribution in [-0.2, 0) is 17.1 Å². The van der Waals surface area contributed by atoms with Gasteiger partial charge in [0.15, 0.2) is 0 Å². The van der Waals surface area contributed by atoms with E-state index in [9.17, 15) is 13.2 Å². The number of amides is 1. The Labute approximate surface area is 173 Å². The second-order valence-electron chi connectivity index (χ2n) is 8.75. The van der Waals surface area contributed by atoms with Crippen molar-refractivity contribution in [3.8, 4) is 0 Å². The van der Waals surface area contributed by atoms with E-state index < -0.39 is 10.0 Å². The summed E-state index contributed by atoms with van der Waals surface area (Å²) in [5.41, 5.74) is 2.33. The monoisotopic (exact) mass is 417 g/mol. The fourth-order valence-electron chi connectivity index (χ4n) is 4.79. The fraction of sp³-hybridized carbons (Fsp3) is 0.591. The maximum Gasteiger partial charge on any atom is 0.268 e. The number of sulfonamides is 1. The number of nitrogens with one attached hydrogen (secondary N) is 1. The third-order valence-electron chi connectivity index (χ3n) is 6.71. The van der Waals surface area contributed by atoms with Gasteiger partial charge in [0.1, 0.15) is 5.69 Å². The predicted octanol–water partition coefficient (Wildman–Crippen LogP) is 3.58. The molecule has 1 aromatic heterocycles. The van der Waals surface area contributed by atoms with E-state index in [4.69, 9.17) is 0 Å². The zero-order chi connectivity index (χ0) is 20.8. The molecule has 0 spiro atoms. The number of hydrogen-bond donors (Lipinski definition) is 1. The Balaban J connectivity index is 1.67. The first-order valence-corrected chi connectivity index (χ1v) is 12.1. The molecule has 1 aromatic carbocycles. The zero-order valence-corrected chi connectivity index (χ0v) is 18.4. The van der Waals surface area contributed by atoms with Crippen molar-refractivity contribution in [2.75, 3.05) is 13.1 Å². The number of benzene rings is 1. The van der Waals surface area contributed by atoms with Gasteiger partial charge in [-0.05, 0) is 62.3 Å². The maximum absolute atomic E-state index is 13.1. The average molecular weight is 418 g/mol. The SMILES string of the molecule is Cc1c(C(=O)NC2CCCC2)n(C)c2ccc(S(=O)(=O)N3CCC(C)CC3)cc12. The van der Waals surface area contributed by atoms with Crippen molar-refractivity contribution in [3.63, 3.8) is 0 Å². The van der Waals surface area contributed by atoms with E-state index in [0.717, 1.165) is 55.0 Å². The summed E-state index contributed by atoms with van der Waals surface area (Å²) in [6, 6.07) is 5.49. The van der Waals surface area contributed by atoms with Gasteiger partial charge in [0.05, 0.1) is 4.90 Å². The second-order valence-corrected chi connectivity index (χ2v) is 10.7. The lowest BCUT2D eigenvalue weighted by atomic mass is 10.0. The Hall–Kier alpha value is -1.86. The summed E-state index contributed by atoms with van der Waals surface area (Å²) in [5.74, 6) is 0.503. The van der Waals surface area contributed by atoms with E-state index in [2.05, 4.69) is 12.2 Å². The molecule has 29 heavy (non-hydrogen) atoms. The standard InChI is InChI=1S/C22H31N3O3S/c1-15-10-12-25(13-11-15)29(27,28)18-8-9-20-19(14-18)16(2)21(24(20)3)22(26)23-17-6-4-5-7-17/h8-9,14-15,17H,4-7,10-13H2,1-3H3,(H,23,26). The molecule has 6 nitrogen and oxygen atoms in total. The molecule has 2 aromatic rings. The molecular formula is C22H31N3O3S. The number of rotatable bonds is 4. The second kappa shape index (κ2) is 7.76. The number of carbonyl (C=O) groups excluding carboxylic acids is 1. The van der Waals surface area contributed by atoms with Gasteiger partial charge >= 0.3 is 0 Å². The highest BCUT2D eigenvalue weighted by Gasteiger charge is 2.29. The van der Waals surface area contributed by atoms with Crippen molar-refractivity contribution in [2.45, 2.75) is 63.3 Å². The van der Waals surface area contributed by atoms with Gasteiger partial charge in [-0.2, -0.15) is 4.31 Å². The fourth-order valence-corrected chi connectivity index (χ4v) is 6.29. The molecule has 1 saturated carbocycles. The van der Waals surface area contributed by atoms with Crippen molar-refractivity contribution < 1.29 is 13.2 Å². The molecule has 0 bridgehead atoms. The number of aryl methyl sites for hydroxylation is 2. The Morgan fingerprint density at radius 1 is 1.10 bits per heavy atom. The summed E-state index contributed by atoms with van der Waals surface area (Å²) < 4.78 is 29.8. The van der Waals surface area contributed by atoms with Gasteiger partial charge in [0.2, 0.25) is 10.0 Å². The van der Waals surface area contributed by atoms with Crippen LogP contribution in [0.1, 0.15) is 61.5 Å². The number of carbonyl (C=O) groups is 1. The molecule has 0 unspecified atom stereocenters. The lowest BCUT2D eigenvalue weighted by molar-refractivity contribution is 0.0929. The minimum absolute atomic E-state index is 0.0671. The first kappa shape index (κ1) is 20.4. The van der Waals surface area contributed by atoms with E-state index in [1.807, 2.05) is 24.6 Å². The lowest BCUT2D eigenvalue weighted by Gasteiger charge is -2.29. The van der Waals surface area contributed by atoms with Crippen LogP contribution in [0, 0.1) is 12.8 Å². The quantitative estimate of drug-likeness (QED) is 0.827. The highest BCUT2D eigenvalue weighted by molar-refractivity contribution is 7.89. The molecule has 1 N–H and O–H groups in total. The highest BCUT2D eigenvalue weighted by Crippen LogP contribution is 2.30. The average Bonchev–Trinajstić information content (AvgIpc) is 3.28. The van der Waals surface area contributed by atoms with Crippen LogP contribution in [0.15, 0.2) is 23.1 Å².